The zero-order chi connectivity index (χ0) is 16.6. The minimum Gasteiger partial charge on any atom is -0.359 e. The predicted octanol–water partition coefficient (Wildman–Crippen LogP) is 5.17. The number of alkyl halides is 6. The molecule has 1 aromatic carbocycles. The molecule has 0 fully saturated rings. The molecule has 0 heterocycles. The zero-order valence-electron chi connectivity index (χ0n) is 10.6. The van der Waals surface area contributed by atoms with E-state index in [1.54, 1.807) is 0 Å². The number of aliphatic imine (C=N–C) groups is 1. The van der Waals surface area contributed by atoms with Crippen molar-refractivity contribution in [1.29, 1.82) is 0 Å². The van der Waals surface area contributed by atoms with E-state index in [1.165, 1.54) is 0 Å². The van der Waals surface area contributed by atoms with Gasteiger partial charge in [-0.2, -0.15) is 26.3 Å². The molecule has 0 bridgehead atoms. The maximum absolute atomic E-state index is 12.7. The summed E-state index contributed by atoms with van der Waals surface area (Å²) >= 11 is 11.1. The van der Waals surface area contributed by atoms with Crippen molar-refractivity contribution in [2.45, 2.75) is 12.4 Å². The Morgan fingerprint density at radius 3 is 1.71 bits per heavy atom. The highest BCUT2D eigenvalue weighted by molar-refractivity contribution is 6.39. The molecule has 0 aliphatic carbocycles. The van der Waals surface area contributed by atoms with Gasteiger partial charge in [0, 0.05) is 14.1 Å². The topological polar surface area (TPSA) is 15.6 Å². The summed E-state index contributed by atoms with van der Waals surface area (Å²) in [5, 5.41) is -1.25. The molecule has 1 rings (SSSR count). The van der Waals surface area contributed by atoms with E-state index in [0.717, 1.165) is 14.1 Å². The number of amidine groups is 1. The summed E-state index contributed by atoms with van der Waals surface area (Å²) < 4.78 is 75.8. The first kappa shape index (κ1) is 17.9. The van der Waals surface area contributed by atoms with E-state index < -0.39 is 39.5 Å². The molecule has 21 heavy (non-hydrogen) atoms. The number of hydrogen-bond donors (Lipinski definition) is 0. The Hall–Kier alpha value is -1.15. The normalized spacial score (nSPS) is 13.5. The molecule has 0 saturated carbocycles. The maximum atomic E-state index is 12.7. The van der Waals surface area contributed by atoms with Crippen LogP contribution in [0, 0.1) is 0 Å². The molecule has 0 amide bonds. The minimum absolute atomic E-state index is 0.468. The number of rotatable bonds is 1. The molecule has 0 aliphatic heterocycles. The van der Waals surface area contributed by atoms with Crippen molar-refractivity contribution in [2.75, 3.05) is 14.1 Å². The lowest BCUT2D eigenvalue weighted by Crippen LogP contribution is -2.35. The van der Waals surface area contributed by atoms with Crippen LogP contribution >= 0.6 is 23.2 Å². The van der Waals surface area contributed by atoms with E-state index >= 15 is 0 Å². The summed E-state index contributed by atoms with van der Waals surface area (Å²) in [6.07, 6.45) is -9.53. The monoisotopic (exact) mass is 352 g/mol. The number of halogens is 8. The van der Waals surface area contributed by atoms with E-state index in [0.29, 0.717) is 17.0 Å². The average molecular weight is 353 g/mol. The fourth-order valence-corrected chi connectivity index (χ4v) is 1.93. The van der Waals surface area contributed by atoms with Crippen LogP contribution in [0.3, 0.4) is 0 Å². The molecule has 0 atom stereocenters. The van der Waals surface area contributed by atoms with Gasteiger partial charge in [0.05, 0.1) is 15.6 Å². The molecule has 0 saturated heterocycles. The minimum atomic E-state index is -4.81. The third-order valence-electron chi connectivity index (χ3n) is 2.24. The lowest BCUT2D eigenvalue weighted by molar-refractivity contribution is -0.137. The Morgan fingerprint density at radius 2 is 1.43 bits per heavy atom. The first-order chi connectivity index (χ1) is 9.34. The van der Waals surface area contributed by atoms with E-state index in [2.05, 4.69) is 4.99 Å². The molecular formula is C11H8Cl2F6N2. The van der Waals surface area contributed by atoms with Gasteiger partial charge < -0.3 is 4.90 Å². The van der Waals surface area contributed by atoms with Crippen molar-refractivity contribution < 1.29 is 26.3 Å². The fourth-order valence-electron chi connectivity index (χ4n) is 1.36. The largest absolute Gasteiger partial charge is 0.449 e. The highest BCUT2D eigenvalue weighted by Gasteiger charge is 2.38. The second-order valence-electron chi connectivity index (χ2n) is 4.11. The van der Waals surface area contributed by atoms with Crippen molar-refractivity contribution >= 4 is 34.7 Å². The lowest BCUT2D eigenvalue weighted by atomic mass is 10.2. The van der Waals surface area contributed by atoms with Crippen LogP contribution in [0.5, 0.6) is 0 Å². The summed E-state index contributed by atoms with van der Waals surface area (Å²) in [7, 11) is 2.16. The van der Waals surface area contributed by atoms with Crippen LogP contribution in [0.1, 0.15) is 5.56 Å². The number of nitrogens with zero attached hydrogens (tertiary/aromatic N) is 2. The van der Waals surface area contributed by atoms with Gasteiger partial charge in [-0.05, 0) is 12.1 Å². The average Bonchev–Trinajstić information content (AvgIpc) is 2.23. The summed E-state index contributed by atoms with van der Waals surface area (Å²) in [6, 6.07) is 0.936. The molecule has 0 aromatic heterocycles. The number of hydrogen-bond acceptors (Lipinski definition) is 1. The van der Waals surface area contributed by atoms with Gasteiger partial charge in [-0.3, -0.25) is 0 Å². The van der Waals surface area contributed by atoms with Crippen LogP contribution in [0.2, 0.25) is 10.0 Å². The standard InChI is InChI=1S/C11H8Cl2F6N2/c1-21(2)9(11(17,18)19)20-8-6(12)3-5(4-7(8)13)10(14,15)16/h3-4H,1-2H3. The summed E-state index contributed by atoms with van der Waals surface area (Å²) in [6.45, 7) is 0. The van der Waals surface area contributed by atoms with Crippen molar-refractivity contribution in [2.24, 2.45) is 4.99 Å². The van der Waals surface area contributed by atoms with Gasteiger partial charge in [0.25, 0.3) is 0 Å². The van der Waals surface area contributed by atoms with Crippen molar-refractivity contribution in [3.8, 4) is 0 Å². The maximum Gasteiger partial charge on any atom is 0.449 e. The Balaban J connectivity index is 3.45. The Bertz CT molecular complexity index is 540. The van der Waals surface area contributed by atoms with Gasteiger partial charge in [-0.1, -0.05) is 23.2 Å². The summed E-state index contributed by atoms with van der Waals surface area (Å²) in [5.41, 5.74) is -1.75. The molecule has 1 aromatic rings. The van der Waals surface area contributed by atoms with Gasteiger partial charge in [0.15, 0.2) is 0 Å². The first-order valence-electron chi connectivity index (χ1n) is 5.23. The fraction of sp³-hybridized carbons (Fsp3) is 0.364. The molecule has 10 heteroatoms. The molecule has 0 radical (unpaired) electrons. The quantitative estimate of drug-likeness (QED) is 0.387. The third-order valence-corrected chi connectivity index (χ3v) is 2.82. The van der Waals surface area contributed by atoms with Crippen molar-refractivity contribution in [3.63, 3.8) is 0 Å². The molecule has 0 unspecified atom stereocenters. The molecule has 0 N–H and O–H groups in total. The van der Waals surface area contributed by atoms with Crippen LogP contribution in [0.15, 0.2) is 17.1 Å². The summed E-state index contributed by atoms with van der Waals surface area (Å²) in [4.78, 5) is 3.90. The van der Waals surface area contributed by atoms with Gasteiger partial charge >= 0.3 is 12.4 Å². The van der Waals surface area contributed by atoms with E-state index in [1.807, 2.05) is 0 Å². The van der Waals surface area contributed by atoms with Gasteiger partial charge in [0.2, 0.25) is 5.84 Å². The SMILES string of the molecule is CN(C)C(=Nc1c(Cl)cc(C(F)(F)F)cc1Cl)C(F)(F)F. The smallest absolute Gasteiger partial charge is 0.359 e. The Labute approximate surface area is 126 Å². The highest BCUT2D eigenvalue weighted by atomic mass is 35.5. The van der Waals surface area contributed by atoms with Gasteiger partial charge in [0.1, 0.15) is 5.69 Å². The highest BCUT2D eigenvalue weighted by Crippen LogP contribution is 2.40. The van der Waals surface area contributed by atoms with E-state index in [-0.39, 0.29) is 0 Å². The second-order valence-corrected chi connectivity index (χ2v) is 4.93. The van der Waals surface area contributed by atoms with E-state index in [4.69, 9.17) is 23.2 Å². The van der Waals surface area contributed by atoms with Gasteiger partial charge in [-0.15, -0.1) is 0 Å². The molecule has 118 valence electrons. The van der Waals surface area contributed by atoms with Crippen LogP contribution in [-0.2, 0) is 6.18 Å². The molecule has 0 spiro atoms. The van der Waals surface area contributed by atoms with Crippen LogP contribution in [-0.4, -0.2) is 31.0 Å². The van der Waals surface area contributed by atoms with E-state index in [9.17, 15) is 26.3 Å². The van der Waals surface area contributed by atoms with Crippen molar-refractivity contribution in [1.82, 2.24) is 4.90 Å². The number of benzene rings is 1. The van der Waals surface area contributed by atoms with Gasteiger partial charge in [-0.25, -0.2) is 4.99 Å². The Morgan fingerprint density at radius 1 is 1.00 bits per heavy atom. The van der Waals surface area contributed by atoms with Crippen LogP contribution < -0.4 is 0 Å². The molecule has 2 nitrogen and oxygen atoms in total. The summed E-state index contributed by atoms with van der Waals surface area (Å²) in [5.74, 6) is -1.34. The molecule has 0 aliphatic rings. The Kier molecular flexibility index (Phi) is 5.05. The second kappa shape index (κ2) is 5.92. The first-order valence-corrected chi connectivity index (χ1v) is 5.99. The zero-order valence-corrected chi connectivity index (χ0v) is 12.1. The van der Waals surface area contributed by atoms with Crippen LogP contribution in [0.4, 0.5) is 32.0 Å². The third kappa shape index (κ3) is 4.41. The molecular weight excluding hydrogens is 345 g/mol. The van der Waals surface area contributed by atoms with Crippen LogP contribution in [0.25, 0.3) is 0 Å². The predicted molar refractivity (Wildman–Crippen MR) is 68.3 cm³/mol. The van der Waals surface area contributed by atoms with Crippen molar-refractivity contribution in [3.05, 3.63) is 27.7 Å². The lowest BCUT2D eigenvalue weighted by Gasteiger charge is -2.19.